The van der Waals surface area contributed by atoms with Crippen LogP contribution in [0.3, 0.4) is 0 Å². The van der Waals surface area contributed by atoms with Gasteiger partial charge in [0.2, 0.25) is 17.7 Å². The van der Waals surface area contributed by atoms with Crippen molar-refractivity contribution in [3.05, 3.63) is 29.3 Å². The van der Waals surface area contributed by atoms with E-state index in [1.165, 1.54) is 0 Å². The second-order valence-corrected chi connectivity index (χ2v) is 9.99. The molecule has 5 atom stereocenters. The Balaban J connectivity index is 1.68. The van der Waals surface area contributed by atoms with Crippen LogP contribution in [-0.2, 0) is 19.1 Å². The Hall–Kier alpha value is -2.16. The molecular formula is C25H34ClN3O5. The third-order valence-electron chi connectivity index (χ3n) is 7.90. The minimum absolute atomic E-state index is 0.136. The van der Waals surface area contributed by atoms with Crippen molar-refractivity contribution in [2.24, 2.45) is 11.8 Å². The highest BCUT2D eigenvalue weighted by molar-refractivity contribution is 6.33. The average Bonchev–Trinajstić information content (AvgIpc) is 3.43. The number of carbonyl (C=O) groups excluding carboxylic acids is 3. The van der Waals surface area contributed by atoms with Crippen LogP contribution in [0.4, 0.5) is 5.69 Å². The number of amides is 3. The van der Waals surface area contributed by atoms with E-state index in [0.29, 0.717) is 49.4 Å². The molecule has 9 heteroatoms. The minimum atomic E-state index is -1.04. The van der Waals surface area contributed by atoms with Crippen molar-refractivity contribution >= 4 is 35.0 Å². The molecule has 2 bridgehead atoms. The summed E-state index contributed by atoms with van der Waals surface area (Å²) in [4.78, 5) is 42.2. The minimum Gasteiger partial charge on any atom is -0.396 e. The number of anilines is 1. The number of likely N-dealkylation sites (tertiary alicyclic amines) is 1. The van der Waals surface area contributed by atoms with Crippen molar-refractivity contribution in [2.45, 2.75) is 69.1 Å². The van der Waals surface area contributed by atoms with Gasteiger partial charge in [-0.05, 0) is 44.2 Å². The summed E-state index contributed by atoms with van der Waals surface area (Å²) in [5, 5.41) is 15.1. The second-order valence-electron chi connectivity index (χ2n) is 9.59. The van der Waals surface area contributed by atoms with Gasteiger partial charge in [-0.3, -0.25) is 14.4 Å². The summed E-state index contributed by atoms with van der Waals surface area (Å²) in [7, 11) is 1.57. The molecule has 3 heterocycles. The highest BCUT2D eigenvalue weighted by atomic mass is 35.5. The van der Waals surface area contributed by atoms with Gasteiger partial charge in [0, 0.05) is 20.2 Å². The van der Waals surface area contributed by atoms with Gasteiger partial charge in [0.25, 0.3) is 0 Å². The summed E-state index contributed by atoms with van der Waals surface area (Å²) in [6.45, 7) is 2.50. The first-order valence-corrected chi connectivity index (χ1v) is 12.6. The smallest absolute Gasteiger partial charge is 0.250 e. The summed E-state index contributed by atoms with van der Waals surface area (Å²) in [6, 6.07) is 6.14. The number of carbonyl (C=O) groups is 3. The molecule has 0 saturated carbocycles. The fourth-order valence-corrected chi connectivity index (χ4v) is 6.51. The zero-order valence-electron chi connectivity index (χ0n) is 19.8. The number of para-hydroxylation sites is 1. The normalized spacial score (nSPS) is 31.6. The molecule has 3 fully saturated rings. The summed E-state index contributed by atoms with van der Waals surface area (Å²) >= 11 is 6.29. The van der Waals surface area contributed by atoms with Crippen LogP contribution < -0.4 is 10.6 Å². The fraction of sp³-hybridized carbons (Fsp3) is 0.640. The molecule has 3 saturated heterocycles. The highest BCUT2D eigenvalue weighted by Gasteiger charge is 2.78. The summed E-state index contributed by atoms with van der Waals surface area (Å²) in [5.41, 5.74) is -1.30. The van der Waals surface area contributed by atoms with E-state index in [0.717, 1.165) is 12.8 Å². The first-order valence-electron chi connectivity index (χ1n) is 12.2. The number of aliphatic hydroxyl groups is 1. The predicted octanol–water partition coefficient (Wildman–Crippen LogP) is 2.73. The Labute approximate surface area is 205 Å². The summed E-state index contributed by atoms with van der Waals surface area (Å²) < 4.78 is 6.65. The largest absolute Gasteiger partial charge is 0.396 e. The number of rotatable bonds is 10. The quantitative estimate of drug-likeness (QED) is 0.436. The van der Waals surface area contributed by atoms with Crippen molar-refractivity contribution in [3.63, 3.8) is 0 Å². The van der Waals surface area contributed by atoms with Crippen molar-refractivity contribution < 1.29 is 24.2 Å². The van der Waals surface area contributed by atoms with E-state index in [1.54, 1.807) is 36.2 Å². The maximum absolute atomic E-state index is 13.8. The van der Waals surface area contributed by atoms with Gasteiger partial charge in [-0.25, -0.2) is 0 Å². The lowest BCUT2D eigenvalue weighted by atomic mass is 9.65. The van der Waals surface area contributed by atoms with Gasteiger partial charge in [-0.2, -0.15) is 0 Å². The van der Waals surface area contributed by atoms with Crippen LogP contribution in [0.1, 0.15) is 51.9 Å². The van der Waals surface area contributed by atoms with Crippen LogP contribution >= 0.6 is 11.6 Å². The molecule has 8 nitrogen and oxygen atoms in total. The number of aliphatic hydroxyl groups excluding tert-OH is 1. The monoisotopic (exact) mass is 491 g/mol. The van der Waals surface area contributed by atoms with Crippen LogP contribution in [0.5, 0.6) is 0 Å². The van der Waals surface area contributed by atoms with Gasteiger partial charge in [-0.1, -0.05) is 43.5 Å². The Morgan fingerprint density at radius 1 is 1.18 bits per heavy atom. The van der Waals surface area contributed by atoms with E-state index in [1.807, 2.05) is 6.92 Å². The molecular weight excluding hydrogens is 458 g/mol. The van der Waals surface area contributed by atoms with Crippen molar-refractivity contribution in [1.29, 1.82) is 0 Å². The number of unbranched alkanes of at least 4 members (excludes halogenated alkanes) is 3. The molecule has 4 rings (SSSR count). The Morgan fingerprint density at radius 3 is 2.59 bits per heavy atom. The van der Waals surface area contributed by atoms with Crippen molar-refractivity contribution in [1.82, 2.24) is 10.2 Å². The first kappa shape index (κ1) is 24.9. The zero-order valence-corrected chi connectivity index (χ0v) is 20.6. The third-order valence-corrected chi connectivity index (χ3v) is 8.23. The number of nitrogens with one attached hydrogen (secondary N) is 2. The first-order chi connectivity index (χ1) is 16.3. The number of hydrogen-bond donors (Lipinski definition) is 3. The molecule has 1 aromatic carbocycles. The highest BCUT2D eigenvalue weighted by Crippen LogP contribution is 2.64. The molecule has 3 aliphatic heterocycles. The second kappa shape index (κ2) is 9.84. The third kappa shape index (κ3) is 3.89. The van der Waals surface area contributed by atoms with Gasteiger partial charge in [0.15, 0.2) is 0 Å². The van der Waals surface area contributed by atoms with Gasteiger partial charge in [0.05, 0.1) is 28.1 Å². The molecule has 0 aromatic heterocycles. The standard InChI is InChI=1S/C25H34ClN3O5/c1-3-24-12-13-25(34-24)19(18(24)21(31)27-2)23(33)29(14-8-4-5-9-15-30)20(25)22(32)28-17-11-7-6-10-16(17)26/h6-7,10-11,18-20,30H,3-5,8-9,12-15H2,1-2H3,(H,27,31)(H,28,32)/t18-,19-,20?,24+,25?/m0/s1. The molecule has 1 spiro atoms. The molecule has 186 valence electrons. The molecule has 3 N–H and O–H groups in total. The van der Waals surface area contributed by atoms with Crippen LogP contribution in [0.25, 0.3) is 0 Å². The van der Waals surface area contributed by atoms with Gasteiger partial charge in [0.1, 0.15) is 11.6 Å². The number of fused-ring (bicyclic) bond motifs is 1. The number of halogens is 1. The number of nitrogens with zero attached hydrogens (tertiary/aromatic N) is 1. The van der Waals surface area contributed by atoms with E-state index in [4.69, 9.17) is 21.4 Å². The van der Waals surface area contributed by atoms with Crippen LogP contribution in [0, 0.1) is 11.8 Å². The maximum Gasteiger partial charge on any atom is 0.250 e. The van der Waals surface area contributed by atoms with E-state index in [2.05, 4.69) is 10.6 Å². The Kier molecular flexibility index (Phi) is 7.22. The molecule has 3 aliphatic rings. The van der Waals surface area contributed by atoms with Crippen LogP contribution in [0.2, 0.25) is 5.02 Å². The van der Waals surface area contributed by atoms with E-state index in [9.17, 15) is 14.4 Å². The molecule has 0 radical (unpaired) electrons. The topological polar surface area (TPSA) is 108 Å². The number of ether oxygens (including phenoxy) is 1. The van der Waals surface area contributed by atoms with E-state index >= 15 is 0 Å². The Bertz CT molecular complexity index is 958. The Morgan fingerprint density at radius 2 is 1.91 bits per heavy atom. The average molecular weight is 492 g/mol. The SMILES string of the molecule is CC[C@]12CCC3(O1)C(C(=O)Nc1ccccc1Cl)N(CCCCCCO)C(=O)[C@@H]3[C@H]2C(=O)NC. The maximum atomic E-state index is 13.8. The van der Waals surface area contributed by atoms with E-state index in [-0.39, 0.29) is 24.3 Å². The van der Waals surface area contributed by atoms with E-state index < -0.39 is 29.1 Å². The molecule has 1 aromatic rings. The van der Waals surface area contributed by atoms with Gasteiger partial charge in [-0.15, -0.1) is 0 Å². The van der Waals surface area contributed by atoms with Crippen molar-refractivity contribution in [2.75, 3.05) is 25.5 Å². The summed E-state index contributed by atoms with van der Waals surface area (Å²) in [5.74, 6) is -2.06. The van der Waals surface area contributed by atoms with Gasteiger partial charge >= 0.3 is 0 Å². The lowest BCUT2D eigenvalue weighted by molar-refractivity contribution is -0.145. The number of hydrogen-bond acceptors (Lipinski definition) is 5. The van der Waals surface area contributed by atoms with Crippen LogP contribution in [0.15, 0.2) is 24.3 Å². The lowest BCUT2D eigenvalue weighted by Crippen LogP contribution is -2.53. The number of benzene rings is 1. The summed E-state index contributed by atoms with van der Waals surface area (Å²) in [6.07, 6.45) is 4.86. The van der Waals surface area contributed by atoms with Crippen LogP contribution in [-0.4, -0.2) is 65.2 Å². The molecule has 3 amide bonds. The molecule has 34 heavy (non-hydrogen) atoms. The van der Waals surface area contributed by atoms with Crippen molar-refractivity contribution in [3.8, 4) is 0 Å². The zero-order chi connectivity index (χ0) is 24.5. The van der Waals surface area contributed by atoms with Gasteiger partial charge < -0.3 is 25.4 Å². The predicted molar refractivity (Wildman–Crippen MR) is 128 cm³/mol. The fourth-order valence-electron chi connectivity index (χ4n) is 6.32. The molecule has 0 aliphatic carbocycles. The lowest BCUT2D eigenvalue weighted by Gasteiger charge is -2.33. The molecule has 2 unspecified atom stereocenters.